The molecule has 2 rings (SSSR count). The Morgan fingerprint density at radius 2 is 2.00 bits per heavy atom. The number of aryl methyl sites for hydroxylation is 1. The van der Waals surface area contributed by atoms with E-state index in [1.54, 1.807) is 0 Å². The number of hydrogen-bond acceptors (Lipinski definition) is 1. The maximum Gasteiger partial charge on any atom is 0.150 e. The van der Waals surface area contributed by atoms with Gasteiger partial charge in [0.1, 0.15) is 6.29 Å². The maximum atomic E-state index is 10.9. The van der Waals surface area contributed by atoms with Crippen LogP contribution < -0.4 is 0 Å². The first-order valence-corrected chi connectivity index (χ1v) is 5.82. The van der Waals surface area contributed by atoms with Gasteiger partial charge in [0.15, 0.2) is 0 Å². The Morgan fingerprint density at radius 1 is 1.19 bits per heavy atom. The Kier molecular flexibility index (Phi) is 3.35. The number of rotatable bonds is 4. The van der Waals surface area contributed by atoms with Gasteiger partial charge in [0.25, 0.3) is 0 Å². The molecule has 0 fully saturated rings. The molecule has 0 aliphatic rings. The van der Waals surface area contributed by atoms with Crippen LogP contribution in [0.4, 0.5) is 0 Å². The number of carbonyl (C=O) groups excluding carboxylic acids is 1. The Balaban J connectivity index is 2.54. The predicted octanol–water partition coefficient (Wildman–Crippen LogP) is 3.99. The first-order valence-electron chi connectivity index (χ1n) is 5.82. The minimum atomic E-state index is 0.782. The molecule has 2 aromatic carbocycles. The third-order valence-electron chi connectivity index (χ3n) is 2.91. The molecule has 1 nitrogen and oxygen atoms in total. The summed E-state index contributed by atoms with van der Waals surface area (Å²) in [7, 11) is 0. The van der Waals surface area contributed by atoms with Gasteiger partial charge in [0.2, 0.25) is 0 Å². The van der Waals surface area contributed by atoms with Gasteiger partial charge < -0.3 is 0 Å². The van der Waals surface area contributed by atoms with Crippen molar-refractivity contribution in [3.63, 3.8) is 0 Å². The Hall–Kier alpha value is -1.63. The van der Waals surface area contributed by atoms with E-state index in [1.807, 2.05) is 18.2 Å². The summed E-state index contributed by atoms with van der Waals surface area (Å²) in [5.41, 5.74) is 2.08. The highest BCUT2D eigenvalue weighted by atomic mass is 16.1. The van der Waals surface area contributed by atoms with Crippen LogP contribution in [0.2, 0.25) is 0 Å². The van der Waals surface area contributed by atoms with Crippen LogP contribution in [-0.2, 0) is 6.42 Å². The van der Waals surface area contributed by atoms with Crippen LogP contribution in [0, 0.1) is 0 Å². The fraction of sp³-hybridized carbons (Fsp3) is 0.267. The molecule has 0 heterocycles. The average Bonchev–Trinajstić information content (AvgIpc) is 2.35. The first kappa shape index (κ1) is 10.9. The molecule has 0 bridgehead atoms. The molecule has 0 aliphatic heterocycles. The molecule has 0 spiro atoms. The van der Waals surface area contributed by atoms with Crippen LogP contribution in [0.5, 0.6) is 0 Å². The van der Waals surface area contributed by atoms with Gasteiger partial charge in [-0.05, 0) is 41.3 Å². The zero-order valence-electron chi connectivity index (χ0n) is 9.57. The number of fused-ring (bicyclic) bond motifs is 1. The van der Waals surface area contributed by atoms with Gasteiger partial charge >= 0.3 is 0 Å². The molecule has 0 atom stereocenters. The minimum absolute atomic E-state index is 0.782. The molecule has 16 heavy (non-hydrogen) atoms. The number of carbonyl (C=O) groups is 1. The monoisotopic (exact) mass is 212 g/mol. The molecule has 0 aliphatic carbocycles. The summed E-state index contributed by atoms with van der Waals surface area (Å²) < 4.78 is 0. The highest BCUT2D eigenvalue weighted by Crippen LogP contribution is 2.22. The standard InChI is InChI=1S/C15H16O/c1-2-3-6-13-9-12(11-16)10-14-7-4-5-8-15(13)14/h4-5,7-11H,2-3,6H2,1H3. The molecular formula is C15H16O. The van der Waals surface area contributed by atoms with Crippen LogP contribution in [0.3, 0.4) is 0 Å². The highest BCUT2D eigenvalue weighted by Gasteiger charge is 2.03. The molecular weight excluding hydrogens is 196 g/mol. The van der Waals surface area contributed by atoms with Crippen molar-refractivity contribution in [2.75, 3.05) is 0 Å². The zero-order valence-corrected chi connectivity index (χ0v) is 9.57. The van der Waals surface area contributed by atoms with E-state index in [-0.39, 0.29) is 0 Å². The van der Waals surface area contributed by atoms with Gasteiger partial charge in [-0.15, -0.1) is 0 Å². The van der Waals surface area contributed by atoms with Gasteiger partial charge in [-0.2, -0.15) is 0 Å². The molecule has 0 saturated carbocycles. The van der Waals surface area contributed by atoms with Crippen molar-refractivity contribution in [2.24, 2.45) is 0 Å². The molecule has 2 aromatic rings. The van der Waals surface area contributed by atoms with Gasteiger partial charge in [0, 0.05) is 5.56 Å². The SMILES string of the molecule is CCCCc1cc(C=O)cc2ccccc12. The van der Waals surface area contributed by atoms with Crippen molar-refractivity contribution in [2.45, 2.75) is 26.2 Å². The van der Waals surface area contributed by atoms with E-state index in [1.165, 1.54) is 29.2 Å². The van der Waals surface area contributed by atoms with Crippen molar-refractivity contribution in [3.8, 4) is 0 Å². The lowest BCUT2D eigenvalue weighted by molar-refractivity contribution is 0.112. The predicted molar refractivity (Wildman–Crippen MR) is 67.9 cm³/mol. The molecule has 1 heteroatoms. The first-order chi connectivity index (χ1) is 7.85. The van der Waals surface area contributed by atoms with Crippen molar-refractivity contribution in [1.82, 2.24) is 0 Å². The van der Waals surface area contributed by atoms with Gasteiger partial charge in [-0.1, -0.05) is 37.6 Å². The number of unbranched alkanes of at least 4 members (excludes halogenated alkanes) is 1. The van der Waals surface area contributed by atoms with E-state index in [9.17, 15) is 4.79 Å². The van der Waals surface area contributed by atoms with E-state index < -0.39 is 0 Å². The summed E-state index contributed by atoms with van der Waals surface area (Å²) in [5.74, 6) is 0. The van der Waals surface area contributed by atoms with Crippen LogP contribution in [0.15, 0.2) is 36.4 Å². The molecule has 82 valence electrons. The van der Waals surface area contributed by atoms with E-state index in [4.69, 9.17) is 0 Å². The van der Waals surface area contributed by atoms with Crippen LogP contribution in [-0.4, -0.2) is 6.29 Å². The smallest absolute Gasteiger partial charge is 0.150 e. The summed E-state index contributed by atoms with van der Waals surface area (Å²) in [6.45, 7) is 2.19. The number of hydrogen-bond donors (Lipinski definition) is 0. The quantitative estimate of drug-likeness (QED) is 0.700. The second-order valence-electron chi connectivity index (χ2n) is 4.12. The van der Waals surface area contributed by atoms with Gasteiger partial charge in [-0.25, -0.2) is 0 Å². The van der Waals surface area contributed by atoms with Crippen molar-refractivity contribution in [1.29, 1.82) is 0 Å². The van der Waals surface area contributed by atoms with E-state index in [0.29, 0.717) is 0 Å². The summed E-state index contributed by atoms with van der Waals surface area (Å²) in [5, 5.41) is 2.44. The summed E-state index contributed by atoms with van der Waals surface area (Å²) in [6, 6.07) is 12.2. The van der Waals surface area contributed by atoms with Crippen LogP contribution >= 0.6 is 0 Å². The second-order valence-corrected chi connectivity index (χ2v) is 4.12. The Bertz CT molecular complexity index is 500. The van der Waals surface area contributed by atoms with Crippen molar-refractivity contribution < 1.29 is 4.79 Å². The summed E-state index contributed by atoms with van der Waals surface area (Å²) in [4.78, 5) is 10.9. The molecule has 0 amide bonds. The molecule has 0 radical (unpaired) electrons. The summed E-state index contributed by atoms with van der Waals surface area (Å²) in [6.07, 6.45) is 4.34. The summed E-state index contributed by atoms with van der Waals surface area (Å²) >= 11 is 0. The topological polar surface area (TPSA) is 17.1 Å². The largest absolute Gasteiger partial charge is 0.298 e. The van der Waals surface area contributed by atoms with Crippen molar-refractivity contribution >= 4 is 17.1 Å². The second kappa shape index (κ2) is 4.93. The molecule has 0 unspecified atom stereocenters. The fourth-order valence-electron chi connectivity index (χ4n) is 2.06. The fourth-order valence-corrected chi connectivity index (χ4v) is 2.06. The van der Waals surface area contributed by atoms with Crippen LogP contribution in [0.25, 0.3) is 10.8 Å². The van der Waals surface area contributed by atoms with Gasteiger partial charge in [0.05, 0.1) is 0 Å². The van der Waals surface area contributed by atoms with Crippen molar-refractivity contribution in [3.05, 3.63) is 47.5 Å². The van der Waals surface area contributed by atoms with Gasteiger partial charge in [-0.3, -0.25) is 4.79 Å². The van der Waals surface area contributed by atoms with Crippen LogP contribution in [0.1, 0.15) is 35.7 Å². The Morgan fingerprint density at radius 3 is 2.75 bits per heavy atom. The number of aldehydes is 1. The minimum Gasteiger partial charge on any atom is -0.298 e. The molecule has 0 saturated heterocycles. The average molecular weight is 212 g/mol. The Labute approximate surface area is 96.1 Å². The zero-order chi connectivity index (χ0) is 11.4. The lowest BCUT2D eigenvalue weighted by Gasteiger charge is -2.07. The third-order valence-corrected chi connectivity index (χ3v) is 2.91. The maximum absolute atomic E-state index is 10.9. The lowest BCUT2D eigenvalue weighted by atomic mass is 9.98. The molecule has 0 aromatic heterocycles. The van der Waals surface area contributed by atoms with E-state index in [0.717, 1.165) is 18.3 Å². The lowest BCUT2D eigenvalue weighted by Crippen LogP contribution is -1.90. The normalized spacial score (nSPS) is 10.6. The van der Waals surface area contributed by atoms with E-state index in [2.05, 4.69) is 25.1 Å². The van der Waals surface area contributed by atoms with E-state index >= 15 is 0 Å². The molecule has 0 N–H and O–H groups in total. The highest BCUT2D eigenvalue weighted by molar-refractivity contribution is 5.91. The number of benzene rings is 2. The third kappa shape index (κ3) is 2.13.